The normalized spacial score (nSPS) is 11.1. The standard InChI is InChI=1S/C29H22N4O/c1-34-28-19-16-21-10-8-9-15-25(21)29(28)33-30-26-18-17-24(20-27(26)31-33)32(22-11-4-2-5-12-22)23-13-6-3-7-14-23/h2-20H,1H3. The van der Waals surface area contributed by atoms with Crippen LogP contribution in [0.25, 0.3) is 27.5 Å². The van der Waals surface area contributed by atoms with Gasteiger partial charge in [-0.15, -0.1) is 15.0 Å². The third-order valence-electron chi connectivity index (χ3n) is 5.93. The van der Waals surface area contributed by atoms with Gasteiger partial charge in [0.15, 0.2) is 0 Å². The number of hydrogen-bond donors (Lipinski definition) is 0. The monoisotopic (exact) mass is 442 g/mol. The minimum absolute atomic E-state index is 0.731. The molecule has 0 radical (unpaired) electrons. The van der Waals surface area contributed by atoms with Gasteiger partial charge in [0.2, 0.25) is 0 Å². The topological polar surface area (TPSA) is 43.2 Å². The Morgan fingerprint density at radius 2 is 1.26 bits per heavy atom. The van der Waals surface area contributed by atoms with Crippen LogP contribution in [-0.4, -0.2) is 22.1 Å². The van der Waals surface area contributed by atoms with Crippen LogP contribution in [-0.2, 0) is 0 Å². The van der Waals surface area contributed by atoms with E-state index in [1.54, 1.807) is 11.9 Å². The molecule has 0 aliphatic heterocycles. The first-order chi connectivity index (χ1) is 16.8. The lowest BCUT2D eigenvalue weighted by Gasteiger charge is -2.25. The van der Waals surface area contributed by atoms with Crippen LogP contribution in [0.5, 0.6) is 5.75 Å². The van der Waals surface area contributed by atoms with Gasteiger partial charge < -0.3 is 9.64 Å². The van der Waals surface area contributed by atoms with E-state index in [0.29, 0.717) is 0 Å². The Bertz CT molecular complexity index is 1550. The minimum Gasteiger partial charge on any atom is -0.494 e. The highest BCUT2D eigenvalue weighted by Crippen LogP contribution is 2.36. The minimum atomic E-state index is 0.731. The molecule has 5 aromatic carbocycles. The molecule has 0 spiro atoms. The van der Waals surface area contributed by atoms with Crippen molar-refractivity contribution in [1.29, 1.82) is 0 Å². The maximum absolute atomic E-state index is 5.67. The number of benzene rings is 5. The number of hydrogen-bond acceptors (Lipinski definition) is 4. The molecule has 0 N–H and O–H groups in total. The van der Waals surface area contributed by atoms with Crippen molar-refractivity contribution in [2.75, 3.05) is 12.0 Å². The van der Waals surface area contributed by atoms with Crippen molar-refractivity contribution >= 4 is 38.9 Å². The second kappa shape index (κ2) is 8.37. The molecule has 0 amide bonds. The number of methoxy groups -OCH3 is 1. The summed E-state index contributed by atoms with van der Waals surface area (Å²) in [5, 5.41) is 11.8. The van der Waals surface area contributed by atoms with Crippen molar-refractivity contribution in [1.82, 2.24) is 15.0 Å². The Kier molecular flexibility index (Phi) is 4.92. The molecule has 6 rings (SSSR count). The second-order valence-corrected chi connectivity index (χ2v) is 8.01. The van der Waals surface area contributed by atoms with E-state index in [1.165, 1.54) is 0 Å². The first-order valence-electron chi connectivity index (χ1n) is 11.2. The molecule has 0 bridgehead atoms. The molecule has 0 fully saturated rings. The Hall–Kier alpha value is -4.64. The van der Waals surface area contributed by atoms with Crippen molar-refractivity contribution in [2.45, 2.75) is 0 Å². The summed E-state index contributed by atoms with van der Waals surface area (Å²) in [7, 11) is 1.67. The Morgan fingerprint density at radius 3 is 1.97 bits per heavy atom. The van der Waals surface area contributed by atoms with E-state index in [2.05, 4.69) is 59.5 Å². The van der Waals surface area contributed by atoms with Crippen LogP contribution < -0.4 is 9.64 Å². The van der Waals surface area contributed by atoms with Crippen molar-refractivity contribution < 1.29 is 4.74 Å². The molecule has 5 nitrogen and oxygen atoms in total. The number of aromatic nitrogens is 3. The molecule has 34 heavy (non-hydrogen) atoms. The van der Waals surface area contributed by atoms with E-state index < -0.39 is 0 Å². The number of rotatable bonds is 5. The first kappa shape index (κ1) is 20.0. The highest BCUT2D eigenvalue weighted by Gasteiger charge is 2.17. The van der Waals surface area contributed by atoms with Crippen LogP contribution in [0.1, 0.15) is 0 Å². The molecule has 0 atom stereocenters. The Morgan fingerprint density at radius 1 is 0.618 bits per heavy atom. The van der Waals surface area contributed by atoms with E-state index in [-0.39, 0.29) is 0 Å². The molecule has 0 aliphatic rings. The molecule has 0 aliphatic carbocycles. The van der Waals surface area contributed by atoms with Crippen LogP contribution in [0.3, 0.4) is 0 Å². The van der Waals surface area contributed by atoms with Crippen molar-refractivity contribution in [3.63, 3.8) is 0 Å². The fraction of sp³-hybridized carbons (Fsp3) is 0.0345. The first-order valence-corrected chi connectivity index (χ1v) is 11.2. The summed E-state index contributed by atoms with van der Waals surface area (Å²) >= 11 is 0. The van der Waals surface area contributed by atoms with E-state index in [9.17, 15) is 0 Å². The van der Waals surface area contributed by atoms with E-state index >= 15 is 0 Å². The van der Waals surface area contributed by atoms with Crippen molar-refractivity contribution in [3.8, 4) is 11.4 Å². The van der Waals surface area contributed by atoms with Crippen LogP contribution in [0.2, 0.25) is 0 Å². The van der Waals surface area contributed by atoms with Gasteiger partial charge in [0.25, 0.3) is 0 Å². The van der Waals surface area contributed by atoms with Gasteiger partial charge in [-0.25, -0.2) is 0 Å². The number of ether oxygens (including phenoxy) is 1. The maximum atomic E-state index is 5.67. The smallest absolute Gasteiger partial charge is 0.147 e. The zero-order chi connectivity index (χ0) is 22.9. The van der Waals surface area contributed by atoms with Gasteiger partial charge in [-0.1, -0.05) is 66.7 Å². The third-order valence-corrected chi connectivity index (χ3v) is 5.93. The summed E-state index contributed by atoms with van der Waals surface area (Å²) < 4.78 is 5.67. The predicted molar refractivity (Wildman–Crippen MR) is 138 cm³/mol. The second-order valence-electron chi connectivity index (χ2n) is 8.01. The molecule has 0 unspecified atom stereocenters. The molecular formula is C29H22N4O. The van der Waals surface area contributed by atoms with Crippen LogP contribution in [0.4, 0.5) is 17.1 Å². The zero-order valence-electron chi connectivity index (χ0n) is 18.7. The van der Waals surface area contributed by atoms with Gasteiger partial charge in [-0.3, -0.25) is 0 Å². The van der Waals surface area contributed by atoms with Crippen LogP contribution >= 0.6 is 0 Å². The lowest BCUT2D eigenvalue weighted by atomic mass is 10.1. The van der Waals surface area contributed by atoms with Crippen LogP contribution in [0, 0.1) is 0 Å². The highest BCUT2D eigenvalue weighted by molar-refractivity contribution is 5.93. The van der Waals surface area contributed by atoms with Crippen molar-refractivity contribution in [3.05, 3.63) is 115 Å². The summed E-state index contributed by atoms with van der Waals surface area (Å²) in [6.07, 6.45) is 0. The molecule has 0 saturated heterocycles. The molecule has 1 heterocycles. The SMILES string of the molecule is COc1ccc2ccccc2c1-n1nc2ccc(N(c3ccccc3)c3ccccc3)cc2n1. The summed E-state index contributed by atoms with van der Waals surface area (Å²) in [4.78, 5) is 3.90. The largest absolute Gasteiger partial charge is 0.494 e. The molecule has 1 aromatic heterocycles. The summed E-state index contributed by atoms with van der Waals surface area (Å²) in [6.45, 7) is 0. The van der Waals surface area contributed by atoms with Gasteiger partial charge in [0.1, 0.15) is 22.5 Å². The third kappa shape index (κ3) is 3.44. The Balaban J connectivity index is 1.52. The number of para-hydroxylation sites is 2. The number of anilines is 3. The fourth-order valence-corrected chi connectivity index (χ4v) is 4.35. The number of nitrogens with zero attached hydrogens (tertiary/aromatic N) is 4. The fourth-order valence-electron chi connectivity index (χ4n) is 4.35. The van der Waals surface area contributed by atoms with Crippen LogP contribution in [0.15, 0.2) is 115 Å². The lowest BCUT2D eigenvalue weighted by Crippen LogP contribution is -2.09. The molecule has 0 saturated carbocycles. The van der Waals surface area contributed by atoms with E-state index in [1.807, 2.05) is 60.7 Å². The van der Waals surface area contributed by atoms with E-state index in [4.69, 9.17) is 14.9 Å². The lowest BCUT2D eigenvalue weighted by molar-refractivity contribution is 0.411. The van der Waals surface area contributed by atoms with Gasteiger partial charge >= 0.3 is 0 Å². The number of fused-ring (bicyclic) bond motifs is 2. The average molecular weight is 443 g/mol. The summed E-state index contributed by atoms with van der Waals surface area (Å²) in [5.41, 5.74) is 5.64. The molecule has 6 aromatic rings. The van der Waals surface area contributed by atoms with Gasteiger partial charge in [0.05, 0.1) is 7.11 Å². The zero-order valence-corrected chi connectivity index (χ0v) is 18.7. The van der Waals surface area contributed by atoms with Gasteiger partial charge in [-0.2, -0.15) is 0 Å². The van der Waals surface area contributed by atoms with Gasteiger partial charge in [0, 0.05) is 22.4 Å². The quantitative estimate of drug-likeness (QED) is 0.287. The highest BCUT2D eigenvalue weighted by atomic mass is 16.5. The van der Waals surface area contributed by atoms with Crippen molar-refractivity contribution in [2.24, 2.45) is 0 Å². The Labute approximate surface area is 197 Å². The van der Waals surface area contributed by atoms with E-state index in [0.717, 1.165) is 50.3 Å². The molecule has 164 valence electrons. The maximum Gasteiger partial charge on any atom is 0.147 e. The predicted octanol–water partition coefficient (Wildman–Crippen LogP) is 7.05. The average Bonchev–Trinajstić information content (AvgIpc) is 3.32. The van der Waals surface area contributed by atoms with Gasteiger partial charge in [-0.05, 0) is 53.9 Å². The molecular weight excluding hydrogens is 420 g/mol. The summed E-state index contributed by atoms with van der Waals surface area (Å²) in [5.74, 6) is 0.731. The summed E-state index contributed by atoms with van der Waals surface area (Å²) in [6, 6.07) is 39.1. The molecule has 5 heteroatoms.